The van der Waals surface area contributed by atoms with Crippen molar-refractivity contribution in [2.24, 2.45) is 5.41 Å². The van der Waals surface area contributed by atoms with Gasteiger partial charge in [0, 0.05) is 13.1 Å². The molecular formula is C16H25NO. The second kappa shape index (κ2) is 6.79. The summed E-state index contributed by atoms with van der Waals surface area (Å²) in [7, 11) is 0. The molecule has 0 unspecified atom stereocenters. The molecule has 0 saturated heterocycles. The summed E-state index contributed by atoms with van der Waals surface area (Å²) in [4.78, 5) is 0. The molecule has 0 heterocycles. The Balaban J connectivity index is 1.58. The molecule has 2 rings (SSSR count). The van der Waals surface area contributed by atoms with Crippen molar-refractivity contribution in [3.05, 3.63) is 30.3 Å². The van der Waals surface area contributed by atoms with Crippen LogP contribution in [0.5, 0.6) is 5.75 Å². The summed E-state index contributed by atoms with van der Waals surface area (Å²) < 4.78 is 5.67. The van der Waals surface area contributed by atoms with Crippen LogP contribution in [0.25, 0.3) is 0 Å². The Morgan fingerprint density at radius 2 is 1.83 bits per heavy atom. The SMILES string of the molecule is CC1(CNCCOc2ccccc2)CCCCC1. The lowest BCUT2D eigenvalue weighted by molar-refractivity contribution is 0.202. The van der Waals surface area contributed by atoms with E-state index in [4.69, 9.17) is 4.74 Å². The van der Waals surface area contributed by atoms with Gasteiger partial charge in [0.25, 0.3) is 0 Å². The number of hydrogen-bond acceptors (Lipinski definition) is 2. The van der Waals surface area contributed by atoms with E-state index in [2.05, 4.69) is 12.2 Å². The largest absolute Gasteiger partial charge is 0.492 e. The van der Waals surface area contributed by atoms with Gasteiger partial charge in [0.1, 0.15) is 12.4 Å². The topological polar surface area (TPSA) is 21.3 Å². The maximum Gasteiger partial charge on any atom is 0.119 e. The monoisotopic (exact) mass is 247 g/mol. The Bertz CT molecular complexity index is 330. The highest BCUT2D eigenvalue weighted by molar-refractivity contribution is 5.20. The van der Waals surface area contributed by atoms with Gasteiger partial charge in [-0.15, -0.1) is 0 Å². The van der Waals surface area contributed by atoms with Crippen molar-refractivity contribution in [2.45, 2.75) is 39.0 Å². The van der Waals surface area contributed by atoms with Gasteiger partial charge in [-0.25, -0.2) is 0 Å². The summed E-state index contributed by atoms with van der Waals surface area (Å²) in [5.74, 6) is 0.961. The fraction of sp³-hybridized carbons (Fsp3) is 0.625. The average Bonchev–Trinajstić information content (AvgIpc) is 2.40. The molecule has 0 radical (unpaired) electrons. The fourth-order valence-corrected chi connectivity index (χ4v) is 2.73. The van der Waals surface area contributed by atoms with E-state index in [1.807, 2.05) is 30.3 Å². The summed E-state index contributed by atoms with van der Waals surface area (Å²) >= 11 is 0. The van der Waals surface area contributed by atoms with Gasteiger partial charge in [-0.2, -0.15) is 0 Å². The van der Waals surface area contributed by atoms with E-state index in [9.17, 15) is 0 Å². The van der Waals surface area contributed by atoms with Crippen LogP contribution in [0.3, 0.4) is 0 Å². The summed E-state index contributed by atoms with van der Waals surface area (Å²) in [5.41, 5.74) is 0.519. The van der Waals surface area contributed by atoms with Crippen LogP contribution in [0.4, 0.5) is 0 Å². The Labute approximate surface area is 111 Å². The molecule has 18 heavy (non-hydrogen) atoms. The molecule has 0 aliphatic heterocycles. The maximum atomic E-state index is 5.67. The number of hydrogen-bond donors (Lipinski definition) is 1. The molecule has 1 aromatic rings. The molecule has 1 fully saturated rings. The molecule has 100 valence electrons. The highest BCUT2D eigenvalue weighted by Crippen LogP contribution is 2.34. The van der Waals surface area contributed by atoms with Gasteiger partial charge < -0.3 is 10.1 Å². The van der Waals surface area contributed by atoms with Crippen LogP contribution in [0.2, 0.25) is 0 Å². The van der Waals surface area contributed by atoms with Crippen molar-refractivity contribution in [3.63, 3.8) is 0 Å². The van der Waals surface area contributed by atoms with E-state index < -0.39 is 0 Å². The molecule has 0 bridgehead atoms. The second-order valence-electron chi connectivity index (χ2n) is 5.71. The molecule has 0 spiro atoms. The second-order valence-corrected chi connectivity index (χ2v) is 5.71. The Morgan fingerprint density at radius 1 is 1.11 bits per heavy atom. The minimum absolute atomic E-state index is 0.519. The van der Waals surface area contributed by atoms with E-state index >= 15 is 0 Å². The van der Waals surface area contributed by atoms with E-state index in [0.29, 0.717) is 5.41 Å². The minimum Gasteiger partial charge on any atom is -0.492 e. The van der Waals surface area contributed by atoms with Gasteiger partial charge in [0.05, 0.1) is 0 Å². The molecule has 2 heteroatoms. The van der Waals surface area contributed by atoms with Gasteiger partial charge in [-0.1, -0.05) is 44.4 Å². The molecule has 0 aromatic heterocycles. The van der Waals surface area contributed by atoms with Crippen molar-refractivity contribution >= 4 is 0 Å². The summed E-state index contributed by atoms with van der Waals surface area (Å²) in [6, 6.07) is 10.0. The van der Waals surface area contributed by atoms with Crippen LogP contribution in [-0.2, 0) is 0 Å². The number of para-hydroxylation sites is 1. The zero-order chi connectivity index (χ0) is 12.7. The molecule has 0 amide bonds. The third-order valence-electron chi connectivity index (χ3n) is 3.90. The van der Waals surface area contributed by atoms with Crippen LogP contribution in [0.1, 0.15) is 39.0 Å². The molecular weight excluding hydrogens is 222 g/mol. The van der Waals surface area contributed by atoms with E-state index in [1.165, 1.54) is 32.1 Å². The first-order valence-electron chi connectivity index (χ1n) is 7.17. The third kappa shape index (κ3) is 4.34. The average molecular weight is 247 g/mol. The van der Waals surface area contributed by atoms with E-state index in [1.54, 1.807) is 0 Å². The van der Waals surface area contributed by atoms with E-state index in [-0.39, 0.29) is 0 Å². The first-order valence-corrected chi connectivity index (χ1v) is 7.17. The number of rotatable bonds is 6. The molecule has 1 aliphatic carbocycles. The zero-order valence-corrected chi connectivity index (χ0v) is 11.5. The molecule has 2 nitrogen and oxygen atoms in total. The van der Waals surface area contributed by atoms with E-state index in [0.717, 1.165) is 25.4 Å². The normalized spacial score (nSPS) is 18.5. The van der Waals surface area contributed by atoms with Gasteiger partial charge >= 0.3 is 0 Å². The zero-order valence-electron chi connectivity index (χ0n) is 11.5. The summed E-state index contributed by atoms with van der Waals surface area (Å²) in [5, 5.41) is 3.54. The molecule has 1 aliphatic rings. The Morgan fingerprint density at radius 3 is 2.56 bits per heavy atom. The lowest BCUT2D eigenvalue weighted by Crippen LogP contribution is -2.35. The highest BCUT2D eigenvalue weighted by Gasteiger charge is 2.25. The van der Waals surface area contributed by atoms with Crippen LogP contribution in [0.15, 0.2) is 30.3 Å². The van der Waals surface area contributed by atoms with Crippen LogP contribution < -0.4 is 10.1 Å². The summed E-state index contributed by atoms with van der Waals surface area (Å²) in [6.07, 6.45) is 6.98. The minimum atomic E-state index is 0.519. The summed E-state index contributed by atoms with van der Waals surface area (Å²) in [6.45, 7) is 5.23. The molecule has 1 aromatic carbocycles. The van der Waals surface area contributed by atoms with Gasteiger partial charge in [-0.3, -0.25) is 0 Å². The predicted molar refractivity (Wildman–Crippen MR) is 76.0 cm³/mol. The quantitative estimate of drug-likeness (QED) is 0.775. The maximum absolute atomic E-state index is 5.67. The van der Waals surface area contributed by atoms with Crippen molar-refractivity contribution in [1.29, 1.82) is 0 Å². The molecule has 0 atom stereocenters. The highest BCUT2D eigenvalue weighted by atomic mass is 16.5. The fourth-order valence-electron chi connectivity index (χ4n) is 2.73. The van der Waals surface area contributed by atoms with Crippen molar-refractivity contribution in [1.82, 2.24) is 5.32 Å². The number of nitrogens with one attached hydrogen (secondary N) is 1. The van der Waals surface area contributed by atoms with Crippen LogP contribution in [0, 0.1) is 5.41 Å². The predicted octanol–water partition coefficient (Wildman–Crippen LogP) is 3.63. The lowest BCUT2D eigenvalue weighted by Gasteiger charge is -2.33. The van der Waals surface area contributed by atoms with Gasteiger partial charge in [-0.05, 0) is 30.4 Å². The van der Waals surface area contributed by atoms with Gasteiger partial charge in [0.2, 0.25) is 0 Å². The number of ether oxygens (including phenoxy) is 1. The van der Waals surface area contributed by atoms with Crippen LogP contribution in [-0.4, -0.2) is 19.7 Å². The standard InChI is InChI=1S/C16H25NO/c1-16(10-6-3-7-11-16)14-17-12-13-18-15-8-4-2-5-9-15/h2,4-5,8-9,17H,3,6-7,10-14H2,1H3. The Kier molecular flexibility index (Phi) is 5.06. The first-order chi connectivity index (χ1) is 8.79. The van der Waals surface area contributed by atoms with Crippen molar-refractivity contribution < 1.29 is 4.74 Å². The van der Waals surface area contributed by atoms with Crippen molar-refractivity contribution in [2.75, 3.05) is 19.7 Å². The van der Waals surface area contributed by atoms with Crippen LogP contribution >= 0.6 is 0 Å². The smallest absolute Gasteiger partial charge is 0.119 e. The number of benzene rings is 1. The molecule has 1 saturated carbocycles. The third-order valence-corrected chi connectivity index (χ3v) is 3.90. The molecule has 1 N–H and O–H groups in total. The lowest BCUT2D eigenvalue weighted by atomic mass is 9.76. The van der Waals surface area contributed by atoms with Gasteiger partial charge in [0.15, 0.2) is 0 Å². The van der Waals surface area contributed by atoms with Crippen molar-refractivity contribution in [3.8, 4) is 5.75 Å². The first kappa shape index (κ1) is 13.4. The Hall–Kier alpha value is -1.02.